The highest BCUT2D eigenvalue weighted by atomic mass is 35.5. The normalized spacial score (nSPS) is 15.0. The van der Waals surface area contributed by atoms with Crippen LogP contribution < -0.4 is 10.2 Å². The maximum absolute atomic E-state index is 12.9. The SMILES string of the molecule is O=C(CN1C(c2ccccc2)=C[C@H](c2ccc(Cl)cc2)n2nnnc21)NCc1ccccc1. The lowest BCUT2D eigenvalue weighted by Crippen LogP contribution is -2.39. The average molecular weight is 457 g/mol. The minimum absolute atomic E-state index is 0.0846. The van der Waals surface area contributed by atoms with Gasteiger partial charge < -0.3 is 5.32 Å². The van der Waals surface area contributed by atoms with Crippen molar-refractivity contribution in [2.24, 2.45) is 0 Å². The molecule has 4 aromatic rings. The number of amides is 1. The van der Waals surface area contributed by atoms with Crippen molar-refractivity contribution >= 4 is 29.2 Å². The van der Waals surface area contributed by atoms with Crippen molar-refractivity contribution in [3.63, 3.8) is 0 Å². The van der Waals surface area contributed by atoms with Crippen LogP contribution in [0.15, 0.2) is 91.0 Å². The summed E-state index contributed by atoms with van der Waals surface area (Å²) in [4.78, 5) is 14.8. The van der Waals surface area contributed by atoms with E-state index in [9.17, 15) is 4.79 Å². The van der Waals surface area contributed by atoms with Crippen molar-refractivity contribution in [2.45, 2.75) is 12.6 Å². The van der Waals surface area contributed by atoms with Gasteiger partial charge in [0.15, 0.2) is 0 Å². The molecule has 0 saturated carbocycles. The number of halogens is 1. The number of nitrogens with one attached hydrogen (secondary N) is 1. The number of rotatable bonds is 6. The highest BCUT2D eigenvalue weighted by Crippen LogP contribution is 2.36. The summed E-state index contributed by atoms with van der Waals surface area (Å²) >= 11 is 6.09. The van der Waals surface area contributed by atoms with E-state index in [0.717, 1.165) is 22.4 Å². The minimum atomic E-state index is -0.230. The Morgan fingerprint density at radius 2 is 1.64 bits per heavy atom. The van der Waals surface area contributed by atoms with Gasteiger partial charge in [0.1, 0.15) is 12.6 Å². The summed E-state index contributed by atoms with van der Waals surface area (Å²) in [5, 5.41) is 16.0. The van der Waals surface area contributed by atoms with Crippen LogP contribution in [0.25, 0.3) is 5.70 Å². The van der Waals surface area contributed by atoms with Crippen molar-refractivity contribution < 1.29 is 4.79 Å². The van der Waals surface area contributed by atoms with Crippen LogP contribution in [-0.4, -0.2) is 32.7 Å². The quantitative estimate of drug-likeness (QED) is 0.473. The Hall–Kier alpha value is -3.97. The summed E-state index contributed by atoms with van der Waals surface area (Å²) in [6.07, 6.45) is 2.08. The van der Waals surface area contributed by atoms with E-state index in [1.54, 1.807) is 4.68 Å². The predicted octanol–water partition coefficient (Wildman–Crippen LogP) is 4.09. The van der Waals surface area contributed by atoms with Crippen molar-refractivity contribution in [1.82, 2.24) is 25.5 Å². The van der Waals surface area contributed by atoms with Gasteiger partial charge in [-0.2, -0.15) is 4.68 Å². The second-order valence-electron chi connectivity index (χ2n) is 7.69. The maximum atomic E-state index is 12.9. The molecule has 5 rings (SSSR count). The molecule has 164 valence electrons. The average Bonchev–Trinajstić information content (AvgIpc) is 3.35. The van der Waals surface area contributed by atoms with Crippen LogP contribution in [0.1, 0.15) is 22.7 Å². The Balaban J connectivity index is 1.47. The molecule has 0 fully saturated rings. The fourth-order valence-corrected chi connectivity index (χ4v) is 4.00. The zero-order chi connectivity index (χ0) is 22.6. The summed E-state index contributed by atoms with van der Waals surface area (Å²) < 4.78 is 1.72. The number of hydrogen-bond donors (Lipinski definition) is 1. The Labute approximate surface area is 196 Å². The molecule has 2 heterocycles. The van der Waals surface area contributed by atoms with Gasteiger partial charge in [0, 0.05) is 11.6 Å². The lowest BCUT2D eigenvalue weighted by molar-refractivity contribution is -0.119. The smallest absolute Gasteiger partial charge is 0.251 e. The second kappa shape index (κ2) is 9.26. The van der Waals surface area contributed by atoms with E-state index in [1.807, 2.05) is 89.8 Å². The van der Waals surface area contributed by atoms with Crippen LogP contribution in [0.5, 0.6) is 0 Å². The van der Waals surface area contributed by atoms with Crippen molar-refractivity contribution in [3.05, 3.63) is 113 Å². The number of aromatic nitrogens is 4. The lowest BCUT2D eigenvalue weighted by atomic mass is 10.0. The van der Waals surface area contributed by atoms with Gasteiger partial charge in [0.25, 0.3) is 5.95 Å². The first-order valence-corrected chi connectivity index (χ1v) is 11.0. The molecule has 0 unspecified atom stereocenters. The maximum Gasteiger partial charge on any atom is 0.251 e. The Morgan fingerprint density at radius 1 is 0.939 bits per heavy atom. The van der Waals surface area contributed by atoms with Crippen molar-refractivity contribution in [2.75, 3.05) is 11.4 Å². The third-order valence-corrected chi connectivity index (χ3v) is 5.75. The number of fused-ring (bicyclic) bond motifs is 1. The molecular formula is C25H21ClN6O. The van der Waals surface area contributed by atoms with Crippen LogP contribution in [0.4, 0.5) is 5.95 Å². The molecule has 0 saturated heterocycles. The van der Waals surface area contributed by atoms with Gasteiger partial charge in [-0.15, -0.1) is 0 Å². The van der Waals surface area contributed by atoms with Gasteiger partial charge in [-0.25, -0.2) is 0 Å². The molecule has 33 heavy (non-hydrogen) atoms. The summed E-state index contributed by atoms with van der Waals surface area (Å²) in [6, 6.07) is 27.1. The molecule has 1 aliphatic rings. The van der Waals surface area contributed by atoms with Crippen LogP contribution in [0.3, 0.4) is 0 Å². The molecule has 1 N–H and O–H groups in total. The Kier molecular flexibility index (Phi) is 5.87. The van der Waals surface area contributed by atoms with Crippen LogP contribution in [0, 0.1) is 0 Å². The number of benzene rings is 3. The number of hydrogen-bond acceptors (Lipinski definition) is 5. The van der Waals surface area contributed by atoms with Gasteiger partial charge >= 0.3 is 0 Å². The highest BCUT2D eigenvalue weighted by molar-refractivity contribution is 6.30. The molecule has 1 aliphatic heterocycles. The van der Waals surface area contributed by atoms with Gasteiger partial charge in [-0.1, -0.05) is 89.5 Å². The first-order chi connectivity index (χ1) is 16.2. The van der Waals surface area contributed by atoms with E-state index in [1.165, 1.54) is 0 Å². The number of tetrazole rings is 1. The summed E-state index contributed by atoms with van der Waals surface area (Å²) in [5.74, 6) is 0.381. The van der Waals surface area contributed by atoms with E-state index >= 15 is 0 Å². The molecule has 0 radical (unpaired) electrons. The first kappa shape index (κ1) is 20.9. The van der Waals surface area contributed by atoms with Gasteiger partial charge in [0.05, 0.1) is 5.70 Å². The van der Waals surface area contributed by atoms with Gasteiger partial charge in [-0.3, -0.25) is 9.69 Å². The number of anilines is 1. The molecular weight excluding hydrogens is 436 g/mol. The fourth-order valence-electron chi connectivity index (χ4n) is 3.87. The predicted molar refractivity (Wildman–Crippen MR) is 127 cm³/mol. The number of carbonyl (C=O) groups excluding carboxylic acids is 1. The molecule has 7 nitrogen and oxygen atoms in total. The summed E-state index contributed by atoms with van der Waals surface area (Å²) in [6.45, 7) is 0.539. The standard InChI is InChI=1S/C25H21ClN6O/c26-21-13-11-20(12-14-21)23-15-22(19-9-5-2-6-10-19)31(25-28-29-30-32(23)25)17-24(33)27-16-18-7-3-1-4-8-18/h1-15,23H,16-17H2,(H,27,33)/t23-/m1/s1. The van der Waals surface area contributed by atoms with E-state index in [2.05, 4.69) is 26.9 Å². The molecule has 0 aliphatic carbocycles. The van der Waals surface area contributed by atoms with Crippen molar-refractivity contribution in [3.8, 4) is 0 Å². The van der Waals surface area contributed by atoms with Gasteiger partial charge in [0.2, 0.25) is 5.91 Å². The summed E-state index contributed by atoms with van der Waals surface area (Å²) in [5.41, 5.74) is 3.87. The van der Waals surface area contributed by atoms with Crippen molar-refractivity contribution in [1.29, 1.82) is 0 Å². The molecule has 0 bridgehead atoms. The topological polar surface area (TPSA) is 75.9 Å². The number of allylic oxidation sites excluding steroid dienone is 1. The van der Waals surface area contributed by atoms with E-state index in [4.69, 9.17) is 11.6 Å². The Morgan fingerprint density at radius 3 is 2.36 bits per heavy atom. The molecule has 1 amide bonds. The fraction of sp³-hybridized carbons (Fsp3) is 0.120. The van der Waals surface area contributed by atoms with E-state index in [-0.39, 0.29) is 18.5 Å². The zero-order valence-electron chi connectivity index (χ0n) is 17.7. The van der Waals surface area contributed by atoms with Crippen LogP contribution in [0.2, 0.25) is 5.02 Å². The monoisotopic (exact) mass is 456 g/mol. The molecule has 0 spiro atoms. The molecule has 3 aromatic carbocycles. The molecule has 8 heteroatoms. The third kappa shape index (κ3) is 4.49. The minimum Gasteiger partial charge on any atom is -0.350 e. The Bertz CT molecular complexity index is 1270. The van der Waals surface area contributed by atoms with Crippen LogP contribution >= 0.6 is 11.6 Å². The van der Waals surface area contributed by atoms with Gasteiger partial charge in [-0.05, 0) is 45.3 Å². The van der Waals surface area contributed by atoms with E-state index < -0.39 is 0 Å². The first-order valence-electron chi connectivity index (χ1n) is 10.6. The number of carbonyl (C=O) groups is 1. The molecule has 1 atom stereocenters. The largest absolute Gasteiger partial charge is 0.350 e. The van der Waals surface area contributed by atoms with Crippen LogP contribution in [-0.2, 0) is 11.3 Å². The number of nitrogens with zero attached hydrogens (tertiary/aromatic N) is 5. The third-order valence-electron chi connectivity index (χ3n) is 5.50. The lowest BCUT2D eigenvalue weighted by Gasteiger charge is -2.32. The highest BCUT2D eigenvalue weighted by Gasteiger charge is 2.31. The zero-order valence-corrected chi connectivity index (χ0v) is 18.4. The van der Waals surface area contributed by atoms with E-state index in [0.29, 0.717) is 17.5 Å². The second-order valence-corrected chi connectivity index (χ2v) is 8.12. The molecule has 1 aromatic heterocycles. The summed E-state index contributed by atoms with van der Waals surface area (Å²) in [7, 11) is 0.